The molecule has 0 radical (unpaired) electrons. The smallest absolute Gasteiger partial charge is 0.262 e. The fraction of sp³-hybridized carbons (Fsp3) is 0. The fourth-order valence-corrected chi connectivity index (χ4v) is 2.55. The first kappa shape index (κ1) is 13.7. The van der Waals surface area contributed by atoms with Crippen LogP contribution < -0.4 is 5.56 Å². The van der Waals surface area contributed by atoms with E-state index in [4.69, 9.17) is 11.6 Å². The molecule has 0 amide bonds. The molecule has 0 aliphatic heterocycles. The van der Waals surface area contributed by atoms with Crippen LogP contribution in [0.25, 0.3) is 28.1 Å². The highest BCUT2D eigenvalue weighted by Gasteiger charge is 2.12. The van der Waals surface area contributed by atoms with Gasteiger partial charge in [-0.3, -0.25) is 4.79 Å². The number of nitrogens with one attached hydrogen (secondary N) is 1. The molecule has 0 fully saturated rings. The number of nitrogens with zero attached hydrogens (tertiary/aromatic N) is 3. The zero-order valence-corrected chi connectivity index (χ0v) is 12.7. The lowest BCUT2D eigenvalue weighted by Crippen LogP contribution is -2.10. The normalized spacial score (nSPS) is 11.0. The molecule has 0 aliphatic rings. The van der Waals surface area contributed by atoms with E-state index in [0.29, 0.717) is 21.9 Å². The molecule has 0 saturated carbocycles. The summed E-state index contributed by atoms with van der Waals surface area (Å²) < 4.78 is 1.63. The minimum Gasteiger partial charge on any atom is -0.306 e. The molecule has 4 aromatic rings. The standard InChI is InChI=1S/C17H11ClN4O/c18-12-6-8-13(9-7-12)22-16-14(10-19-22)17(23)21-15(20-16)11-4-2-1-3-5-11/h1-10H,(H,20,21,23). The van der Waals surface area contributed by atoms with E-state index in [-0.39, 0.29) is 5.56 Å². The number of halogens is 1. The third kappa shape index (κ3) is 2.41. The van der Waals surface area contributed by atoms with Crippen LogP contribution in [0.3, 0.4) is 0 Å². The molecule has 1 N–H and O–H groups in total. The van der Waals surface area contributed by atoms with Gasteiger partial charge in [0, 0.05) is 10.6 Å². The molecule has 23 heavy (non-hydrogen) atoms. The summed E-state index contributed by atoms with van der Waals surface area (Å²) in [7, 11) is 0. The molecule has 0 saturated heterocycles. The van der Waals surface area contributed by atoms with Crippen LogP contribution in [0.15, 0.2) is 65.6 Å². The van der Waals surface area contributed by atoms with Gasteiger partial charge in [-0.2, -0.15) is 5.10 Å². The lowest BCUT2D eigenvalue weighted by molar-refractivity contribution is 0.895. The van der Waals surface area contributed by atoms with Crippen molar-refractivity contribution in [3.63, 3.8) is 0 Å². The molecule has 4 rings (SSSR count). The second-order valence-electron chi connectivity index (χ2n) is 5.05. The number of rotatable bonds is 2. The van der Waals surface area contributed by atoms with E-state index in [9.17, 15) is 4.79 Å². The maximum absolute atomic E-state index is 12.3. The van der Waals surface area contributed by atoms with Crippen molar-refractivity contribution >= 4 is 22.6 Å². The van der Waals surface area contributed by atoms with E-state index in [1.165, 1.54) is 6.20 Å². The van der Waals surface area contributed by atoms with Crippen LogP contribution in [-0.4, -0.2) is 19.7 Å². The van der Waals surface area contributed by atoms with Crippen molar-refractivity contribution in [1.29, 1.82) is 0 Å². The Morgan fingerprint density at radius 3 is 2.48 bits per heavy atom. The minimum atomic E-state index is -0.214. The van der Waals surface area contributed by atoms with Gasteiger partial charge < -0.3 is 4.98 Å². The van der Waals surface area contributed by atoms with Crippen LogP contribution in [0, 0.1) is 0 Å². The highest BCUT2D eigenvalue weighted by molar-refractivity contribution is 6.30. The van der Waals surface area contributed by atoms with Crippen LogP contribution in [0.4, 0.5) is 0 Å². The number of hydrogen-bond donors (Lipinski definition) is 1. The van der Waals surface area contributed by atoms with E-state index in [0.717, 1.165) is 11.3 Å². The number of aromatic amines is 1. The molecule has 2 heterocycles. The van der Waals surface area contributed by atoms with Crippen LogP contribution >= 0.6 is 11.6 Å². The van der Waals surface area contributed by atoms with Gasteiger partial charge in [-0.25, -0.2) is 9.67 Å². The lowest BCUT2D eigenvalue weighted by Gasteiger charge is -2.05. The first-order valence-corrected chi connectivity index (χ1v) is 7.39. The molecule has 112 valence electrons. The SMILES string of the molecule is O=c1[nH]c(-c2ccccc2)nc2c1cnn2-c1ccc(Cl)cc1. The zero-order chi connectivity index (χ0) is 15.8. The van der Waals surface area contributed by atoms with Crippen molar-refractivity contribution in [3.05, 3.63) is 76.2 Å². The highest BCUT2D eigenvalue weighted by atomic mass is 35.5. The Morgan fingerprint density at radius 2 is 1.74 bits per heavy atom. The van der Waals surface area contributed by atoms with Gasteiger partial charge in [0.1, 0.15) is 11.2 Å². The Hall–Kier alpha value is -2.92. The van der Waals surface area contributed by atoms with Crippen molar-refractivity contribution < 1.29 is 0 Å². The Bertz CT molecular complexity index is 1040. The molecule has 2 aromatic carbocycles. The summed E-state index contributed by atoms with van der Waals surface area (Å²) in [5.74, 6) is 0.513. The van der Waals surface area contributed by atoms with E-state index < -0.39 is 0 Å². The van der Waals surface area contributed by atoms with Crippen molar-refractivity contribution in [2.75, 3.05) is 0 Å². The largest absolute Gasteiger partial charge is 0.306 e. The van der Waals surface area contributed by atoms with Gasteiger partial charge in [0.2, 0.25) is 0 Å². The van der Waals surface area contributed by atoms with Gasteiger partial charge in [-0.1, -0.05) is 41.9 Å². The molecular formula is C17H11ClN4O. The number of H-pyrrole nitrogens is 1. The maximum Gasteiger partial charge on any atom is 0.262 e. The number of fused-ring (bicyclic) bond motifs is 1. The third-order valence-corrected chi connectivity index (χ3v) is 3.81. The quantitative estimate of drug-likeness (QED) is 0.615. The van der Waals surface area contributed by atoms with Crippen LogP contribution in [-0.2, 0) is 0 Å². The number of aromatic nitrogens is 4. The second kappa shape index (κ2) is 5.37. The minimum absolute atomic E-state index is 0.214. The molecule has 0 bridgehead atoms. The van der Waals surface area contributed by atoms with E-state index in [2.05, 4.69) is 15.1 Å². The summed E-state index contributed by atoms with van der Waals surface area (Å²) in [6.45, 7) is 0. The Balaban J connectivity index is 1.96. The fourth-order valence-electron chi connectivity index (χ4n) is 2.42. The third-order valence-electron chi connectivity index (χ3n) is 3.56. The van der Waals surface area contributed by atoms with Gasteiger partial charge in [0.25, 0.3) is 5.56 Å². The average Bonchev–Trinajstić information content (AvgIpc) is 3.01. The first-order valence-electron chi connectivity index (χ1n) is 7.02. The first-order chi connectivity index (χ1) is 11.2. The Kier molecular flexibility index (Phi) is 3.20. The van der Waals surface area contributed by atoms with Crippen LogP contribution in [0.5, 0.6) is 0 Å². The van der Waals surface area contributed by atoms with Gasteiger partial charge in [0.15, 0.2) is 5.65 Å². The predicted molar refractivity (Wildman–Crippen MR) is 89.9 cm³/mol. The second-order valence-corrected chi connectivity index (χ2v) is 5.49. The maximum atomic E-state index is 12.3. The molecule has 6 heteroatoms. The monoisotopic (exact) mass is 322 g/mol. The van der Waals surface area contributed by atoms with Crippen molar-refractivity contribution in [2.24, 2.45) is 0 Å². The van der Waals surface area contributed by atoms with Crippen molar-refractivity contribution in [2.45, 2.75) is 0 Å². The van der Waals surface area contributed by atoms with E-state index in [1.54, 1.807) is 16.8 Å². The molecule has 0 atom stereocenters. The summed E-state index contributed by atoms with van der Waals surface area (Å²) in [4.78, 5) is 19.7. The average molecular weight is 323 g/mol. The summed E-state index contributed by atoms with van der Waals surface area (Å²) in [5, 5.41) is 5.37. The topological polar surface area (TPSA) is 63.6 Å². The van der Waals surface area contributed by atoms with Gasteiger partial charge in [-0.05, 0) is 24.3 Å². The summed E-state index contributed by atoms with van der Waals surface area (Å²) in [6.07, 6.45) is 1.52. The van der Waals surface area contributed by atoms with Crippen molar-refractivity contribution in [3.8, 4) is 17.1 Å². The van der Waals surface area contributed by atoms with Crippen LogP contribution in [0.1, 0.15) is 0 Å². The van der Waals surface area contributed by atoms with Gasteiger partial charge in [-0.15, -0.1) is 0 Å². The predicted octanol–water partition coefficient (Wildman–Crippen LogP) is 3.43. The molecule has 2 aromatic heterocycles. The van der Waals surface area contributed by atoms with Crippen LogP contribution in [0.2, 0.25) is 5.02 Å². The summed E-state index contributed by atoms with van der Waals surface area (Å²) in [6, 6.07) is 16.7. The van der Waals surface area contributed by atoms with Gasteiger partial charge >= 0.3 is 0 Å². The van der Waals surface area contributed by atoms with Gasteiger partial charge in [0.05, 0.1) is 11.9 Å². The Labute approximate surface area is 136 Å². The summed E-state index contributed by atoms with van der Waals surface area (Å²) >= 11 is 5.92. The lowest BCUT2D eigenvalue weighted by atomic mass is 10.2. The number of benzene rings is 2. The zero-order valence-electron chi connectivity index (χ0n) is 11.9. The highest BCUT2D eigenvalue weighted by Crippen LogP contribution is 2.19. The molecule has 0 unspecified atom stereocenters. The van der Waals surface area contributed by atoms with E-state index >= 15 is 0 Å². The molecular weight excluding hydrogens is 312 g/mol. The van der Waals surface area contributed by atoms with E-state index in [1.807, 2.05) is 42.5 Å². The summed E-state index contributed by atoms with van der Waals surface area (Å²) in [5.41, 5.74) is 1.93. The molecule has 0 aliphatic carbocycles. The molecule has 5 nitrogen and oxygen atoms in total. The number of hydrogen-bond acceptors (Lipinski definition) is 3. The Morgan fingerprint density at radius 1 is 1.00 bits per heavy atom. The van der Waals surface area contributed by atoms with Crippen molar-refractivity contribution in [1.82, 2.24) is 19.7 Å². The molecule has 0 spiro atoms.